The fourth-order valence-corrected chi connectivity index (χ4v) is 4.57. The SMILES string of the molecule is COc1cccc(-c2cc(-c3cccnc3)nn2CCNC(=O)[C@H]2CC23CCC3)c1. The maximum atomic E-state index is 12.5. The van der Waals surface area contributed by atoms with E-state index in [0.717, 1.165) is 34.7 Å². The summed E-state index contributed by atoms with van der Waals surface area (Å²) >= 11 is 0. The fraction of sp³-hybridized carbons (Fsp3) is 0.375. The molecule has 0 saturated heterocycles. The first-order valence-electron chi connectivity index (χ1n) is 10.6. The second kappa shape index (κ2) is 7.59. The number of hydrogen-bond acceptors (Lipinski definition) is 4. The van der Waals surface area contributed by atoms with Gasteiger partial charge in [0.25, 0.3) is 0 Å². The Morgan fingerprint density at radius 1 is 1.23 bits per heavy atom. The van der Waals surface area contributed by atoms with Crippen LogP contribution in [-0.2, 0) is 11.3 Å². The van der Waals surface area contributed by atoms with Gasteiger partial charge in [0.1, 0.15) is 5.75 Å². The van der Waals surface area contributed by atoms with Crippen molar-refractivity contribution in [2.45, 2.75) is 32.2 Å². The first-order chi connectivity index (χ1) is 14.7. The molecule has 1 atom stereocenters. The van der Waals surface area contributed by atoms with E-state index in [1.807, 2.05) is 47.3 Å². The lowest BCUT2D eigenvalue weighted by molar-refractivity contribution is -0.123. The molecule has 0 bridgehead atoms. The Labute approximate surface area is 176 Å². The molecular formula is C24H26N4O2. The van der Waals surface area contributed by atoms with Gasteiger partial charge in [0.05, 0.1) is 25.0 Å². The van der Waals surface area contributed by atoms with Gasteiger partial charge in [-0.05, 0) is 55.0 Å². The number of nitrogens with one attached hydrogen (secondary N) is 1. The van der Waals surface area contributed by atoms with Crippen molar-refractivity contribution in [1.29, 1.82) is 0 Å². The molecule has 1 spiro atoms. The van der Waals surface area contributed by atoms with Crippen LogP contribution in [0.2, 0.25) is 0 Å². The van der Waals surface area contributed by atoms with Crippen molar-refractivity contribution >= 4 is 5.91 Å². The van der Waals surface area contributed by atoms with Crippen LogP contribution < -0.4 is 10.1 Å². The van der Waals surface area contributed by atoms with Crippen molar-refractivity contribution in [3.05, 3.63) is 54.9 Å². The predicted molar refractivity (Wildman–Crippen MR) is 115 cm³/mol. The molecule has 2 heterocycles. The summed E-state index contributed by atoms with van der Waals surface area (Å²) in [5, 5.41) is 7.94. The molecule has 2 aliphatic carbocycles. The molecule has 2 fully saturated rings. The average Bonchev–Trinajstić information content (AvgIpc) is 3.41. The number of aromatic nitrogens is 3. The van der Waals surface area contributed by atoms with Crippen LogP contribution in [0.1, 0.15) is 25.7 Å². The standard InChI is InChI=1S/C24H26N4O2/c1-30-19-7-2-5-17(13-19)22-14-21(18-6-3-10-25-16-18)27-28(22)12-11-26-23(29)20-15-24(20)8-4-9-24/h2-3,5-7,10,13-14,16,20H,4,8-9,11-12,15H2,1H3,(H,26,29)/t20-/m1/s1. The van der Waals surface area contributed by atoms with Crippen molar-refractivity contribution in [3.63, 3.8) is 0 Å². The summed E-state index contributed by atoms with van der Waals surface area (Å²) in [4.78, 5) is 16.7. The molecule has 1 aromatic carbocycles. The van der Waals surface area contributed by atoms with Crippen molar-refractivity contribution < 1.29 is 9.53 Å². The van der Waals surface area contributed by atoms with Crippen LogP contribution in [0.4, 0.5) is 0 Å². The monoisotopic (exact) mass is 402 g/mol. The summed E-state index contributed by atoms with van der Waals surface area (Å²) in [5.41, 5.74) is 4.20. The molecule has 6 heteroatoms. The molecule has 0 aliphatic heterocycles. The van der Waals surface area contributed by atoms with E-state index in [1.54, 1.807) is 13.3 Å². The highest BCUT2D eigenvalue weighted by Gasteiger charge is 2.60. The van der Waals surface area contributed by atoms with Crippen LogP contribution in [0, 0.1) is 11.3 Å². The molecule has 0 radical (unpaired) electrons. The van der Waals surface area contributed by atoms with Gasteiger partial charge in [-0.2, -0.15) is 5.10 Å². The molecule has 6 nitrogen and oxygen atoms in total. The smallest absolute Gasteiger partial charge is 0.223 e. The first-order valence-corrected chi connectivity index (χ1v) is 10.6. The molecule has 1 N–H and O–H groups in total. The molecule has 30 heavy (non-hydrogen) atoms. The van der Waals surface area contributed by atoms with Crippen LogP contribution in [0.15, 0.2) is 54.9 Å². The largest absolute Gasteiger partial charge is 0.497 e. The Kier molecular flexibility index (Phi) is 4.77. The number of carbonyl (C=O) groups is 1. The number of nitrogens with zero attached hydrogens (tertiary/aromatic N) is 3. The van der Waals surface area contributed by atoms with Crippen LogP contribution >= 0.6 is 0 Å². The van der Waals surface area contributed by atoms with Gasteiger partial charge in [-0.15, -0.1) is 0 Å². The minimum atomic E-state index is 0.206. The van der Waals surface area contributed by atoms with E-state index in [1.165, 1.54) is 19.3 Å². The molecule has 154 valence electrons. The van der Waals surface area contributed by atoms with Gasteiger partial charge in [-0.1, -0.05) is 18.6 Å². The number of ether oxygens (including phenoxy) is 1. The predicted octanol–water partition coefficient (Wildman–Crippen LogP) is 3.93. The number of pyridine rings is 1. The van der Waals surface area contributed by atoms with E-state index in [-0.39, 0.29) is 11.8 Å². The van der Waals surface area contributed by atoms with E-state index in [0.29, 0.717) is 18.5 Å². The second-order valence-corrected chi connectivity index (χ2v) is 8.38. The summed E-state index contributed by atoms with van der Waals surface area (Å²) in [6.45, 7) is 1.18. The number of methoxy groups -OCH3 is 1. The Hall–Kier alpha value is -3.15. The van der Waals surface area contributed by atoms with Crippen LogP contribution in [-0.4, -0.2) is 34.3 Å². The third kappa shape index (κ3) is 3.47. The van der Waals surface area contributed by atoms with Crippen molar-refractivity contribution in [2.75, 3.05) is 13.7 Å². The maximum Gasteiger partial charge on any atom is 0.223 e. The minimum Gasteiger partial charge on any atom is -0.497 e. The lowest BCUT2D eigenvalue weighted by Crippen LogP contribution is -2.32. The lowest BCUT2D eigenvalue weighted by atomic mass is 9.80. The van der Waals surface area contributed by atoms with Crippen LogP contribution in [0.3, 0.4) is 0 Å². The van der Waals surface area contributed by atoms with Gasteiger partial charge in [-0.25, -0.2) is 0 Å². The number of benzene rings is 1. The molecule has 5 rings (SSSR count). The van der Waals surface area contributed by atoms with Crippen molar-refractivity contribution in [3.8, 4) is 28.3 Å². The summed E-state index contributed by atoms with van der Waals surface area (Å²) in [7, 11) is 1.67. The van der Waals surface area contributed by atoms with E-state index in [2.05, 4.69) is 16.4 Å². The highest BCUT2D eigenvalue weighted by molar-refractivity contribution is 5.82. The van der Waals surface area contributed by atoms with E-state index < -0.39 is 0 Å². The van der Waals surface area contributed by atoms with Crippen molar-refractivity contribution in [1.82, 2.24) is 20.1 Å². The topological polar surface area (TPSA) is 69.0 Å². The molecule has 0 unspecified atom stereocenters. The zero-order chi connectivity index (χ0) is 20.6. The van der Waals surface area contributed by atoms with E-state index in [9.17, 15) is 4.79 Å². The summed E-state index contributed by atoms with van der Waals surface area (Å²) in [5.74, 6) is 1.24. The quantitative estimate of drug-likeness (QED) is 0.650. The fourth-order valence-electron chi connectivity index (χ4n) is 4.57. The third-order valence-electron chi connectivity index (χ3n) is 6.58. The molecule has 3 aromatic rings. The van der Waals surface area contributed by atoms with Crippen LogP contribution in [0.5, 0.6) is 5.75 Å². The first kappa shape index (κ1) is 18.9. The average molecular weight is 402 g/mol. The normalized spacial score (nSPS) is 18.6. The Balaban J connectivity index is 1.35. The van der Waals surface area contributed by atoms with E-state index in [4.69, 9.17) is 9.84 Å². The highest BCUT2D eigenvalue weighted by atomic mass is 16.5. The molecular weight excluding hydrogens is 376 g/mol. The van der Waals surface area contributed by atoms with Crippen LogP contribution in [0.25, 0.3) is 22.5 Å². The lowest BCUT2D eigenvalue weighted by Gasteiger charge is -2.26. The van der Waals surface area contributed by atoms with Gasteiger partial charge >= 0.3 is 0 Å². The molecule has 2 aliphatic rings. The van der Waals surface area contributed by atoms with Gasteiger partial charge in [0.15, 0.2) is 0 Å². The van der Waals surface area contributed by atoms with Gasteiger partial charge in [0.2, 0.25) is 5.91 Å². The van der Waals surface area contributed by atoms with E-state index >= 15 is 0 Å². The summed E-state index contributed by atoms with van der Waals surface area (Å²) < 4.78 is 7.35. The number of amides is 1. The summed E-state index contributed by atoms with van der Waals surface area (Å²) in [6.07, 6.45) is 8.36. The molecule has 1 amide bonds. The van der Waals surface area contributed by atoms with Crippen molar-refractivity contribution in [2.24, 2.45) is 11.3 Å². The maximum absolute atomic E-state index is 12.5. The second-order valence-electron chi connectivity index (χ2n) is 8.38. The Bertz CT molecular complexity index is 1060. The van der Waals surface area contributed by atoms with Gasteiger partial charge < -0.3 is 10.1 Å². The molecule has 2 saturated carbocycles. The minimum absolute atomic E-state index is 0.206. The Morgan fingerprint density at radius 3 is 2.80 bits per heavy atom. The number of carbonyl (C=O) groups excluding carboxylic acids is 1. The summed E-state index contributed by atoms with van der Waals surface area (Å²) in [6, 6.07) is 13.9. The third-order valence-corrected chi connectivity index (χ3v) is 6.58. The Morgan fingerprint density at radius 2 is 2.10 bits per heavy atom. The number of rotatable bonds is 7. The zero-order valence-corrected chi connectivity index (χ0v) is 17.2. The highest BCUT2D eigenvalue weighted by Crippen LogP contribution is 2.65. The zero-order valence-electron chi connectivity index (χ0n) is 17.2. The van der Waals surface area contributed by atoms with Gasteiger partial charge in [0, 0.05) is 36.0 Å². The number of hydrogen-bond donors (Lipinski definition) is 1. The van der Waals surface area contributed by atoms with Gasteiger partial charge in [-0.3, -0.25) is 14.5 Å². The molecule has 2 aromatic heterocycles.